The van der Waals surface area contributed by atoms with Crippen LogP contribution in [0.5, 0.6) is 0 Å². The lowest BCUT2D eigenvalue weighted by Crippen LogP contribution is -2.49. The zero-order chi connectivity index (χ0) is 10.7. The molecule has 0 amide bonds. The summed E-state index contributed by atoms with van der Waals surface area (Å²) in [6, 6.07) is 0.920. The number of hydrogen-bond donors (Lipinski definition) is 3. The molecule has 4 N–H and O–H groups in total. The molecule has 2 unspecified atom stereocenters. The van der Waals surface area contributed by atoms with Crippen LogP contribution in [0.4, 0.5) is 0 Å². The van der Waals surface area contributed by atoms with Gasteiger partial charge < -0.3 is 10.1 Å². The second-order valence-corrected chi connectivity index (χ2v) is 4.40. The summed E-state index contributed by atoms with van der Waals surface area (Å²) >= 11 is 0. The van der Waals surface area contributed by atoms with E-state index in [4.69, 9.17) is 10.6 Å². The van der Waals surface area contributed by atoms with Crippen LogP contribution in [0.15, 0.2) is 4.99 Å². The first kappa shape index (κ1) is 10.7. The second kappa shape index (κ2) is 4.81. The van der Waals surface area contributed by atoms with Gasteiger partial charge in [0.05, 0.1) is 12.1 Å². The highest BCUT2D eigenvalue weighted by Gasteiger charge is 2.23. The molecular weight excluding hydrogens is 192 g/mol. The minimum atomic E-state index is 0.330. The van der Waals surface area contributed by atoms with E-state index in [9.17, 15) is 0 Å². The van der Waals surface area contributed by atoms with Crippen molar-refractivity contribution in [2.24, 2.45) is 10.8 Å². The molecule has 1 saturated heterocycles. The molecule has 0 aromatic carbocycles. The van der Waals surface area contributed by atoms with Gasteiger partial charge in [-0.1, -0.05) is 0 Å². The van der Waals surface area contributed by atoms with Gasteiger partial charge in [0.2, 0.25) is 5.96 Å². The summed E-state index contributed by atoms with van der Waals surface area (Å²) in [4.78, 5) is 4.45. The molecule has 2 atom stereocenters. The first-order valence-corrected chi connectivity index (χ1v) is 5.70. The van der Waals surface area contributed by atoms with Gasteiger partial charge in [0.25, 0.3) is 0 Å². The molecule has 2 aliphatic rings. The Bertz CT molecular complexity index is 240. The number of nitrogens with zero attached hydrogens (tertiary/aromatic N) is 1. The van der Waals surface area contributed by atoms with Gasteiger partial charge in [0, 0.05) is 12.6 Å². The Hall–Kier alpha value is -0.810. The van der Waals surface area contributed by atoms with Crippen LogP contribution >= 0.6 is 0 Å². The number of hydrazine groups is 1. The molecule has 0 spiro atoms. The third-order valence-electron chi connectivity index (χ3n) is 2.82. The number of hydrogen-bond acceptors (Lipinski definition) is 3. The Balaban J connectivity index is 1.82. The normalized spacial score (nSPS) is 32.5. The van der Waals surface area contributed by atoms with Gasteiger partial charge in [0.15, 0.2) is 0 Å². The maximum atomic E-state index is 5.49. The van der Waals surface area contributed by atoms with Crippen molar-refractivity contribution in [1.82, 2.24) is 10.7 Å². The molecule has 1 aliphatic heterocycles. The Kier molecular flexibility index (Phi) is 3.43. The molecule has 86 valence electrons. The van der Waals surface area contributed by atoms with Crippen molar-refractivity contribution in [3.8, 4) is 0 Å². The van der Waals surface area contributed by atoms with E-state index in [1.54, 1.807) is 0 Å². The topological polar surface area (TPSA) is 71.7 Å². The summed E-state index contributed by atoms with van der Waals surface area (Å²) in [5.74, 6) is 6.16. The molecule has 1 aliphatic carbocycles. The van der Waals surface area contributed by atoms with Crippen molar-refractivity contribution in [1.29, 1.82) is 0 Å². The average molecular weight is 212 g/mol. The summed E-state index contributed by atoms with van der Waals surface area (Å²) in [6.45, 7) is 2.92. The predicted molar refractivity (Wildman–Crippen MR) is 59.4 cm³/mol. The van der Waals surface area contributed by atoms with Gasteiger partial charge in [-0.2, -0.15) is 0 Å². The van der Waals surface area contributed by atoms with E-state index < -0.39 is 0 Å². The quantitative estimate of drug-likeness (QED) is 0.263. The number of rotatable bonds is 2. The fourth-order valence-electron chi connectivity index (χ4n) is 1.82. The van der Waals surface area contributed by atoms with Gasteiger partial charge in [-0.15, -0.1) is 0 Å². The monoisotopic (exact) mass is 212 g/mol. The third-order valence-corrected chi connectivity index (χ3v) is 2.82. The van der Waals surface area contributed by atoms with E-state index in [0.717, 1.165) is 25.4 Å². The fraction of sp³-hybridized carbons (Fsp3) is 0.900. The summed E-state index contributed by atoms with van der Waals surface area (Å²) in [5.41, 5.74) is 2.63. The number of nitrogens with one attached hydrogen (secondary N) is 2. The van der Waals surface area contributed by atoms with Crippen molar-refractivity contribution in [3.63, 3.8) is 0 Å². The van der Waals surface area contributed by atoms with Crippen molar-refractivity contribution in [2.75, 3.05) is 6.61 Å². The molecule has 1 heterocycles. The minimum absolute atomic E-state index is 0.330. The van der Waals surface area contributed by atoms with E-state index in [-0.39, 0.29) is 0 Å². The van der Waals surface area contributed by atoms with Crippen molar-refractivity contribution in [2.45, 2.75) is 50.8 Å². The van der Waals surface area contributed by atoms with Crippen molar-refractivity contribution >= 4 is 5.96 Å². The molecule has 2 fully saturated rings. The Morgan fingerprint density at radius 2 is 2.20 bits per heavy atom. The van der Waals surface area contributed by atoms with E-state index in [1.807, 2.05) is 0 Å². The molecule has 0 bridgehead atoms. The van der Waals surface area contributed by atoms with Crippen molar-refractivity contribution < 1.29 is 4.74 Å². The van der Waals surface area contributed by atoms with Crippen LogP contribution in [-0.2, 0) is 4.74 Å². The van der Waals surface area contributed by atoms with Gasteiger partial charge in [-0.25, -0.2) is 10.8 Å². The highest BCUT2D eigenvalue weighted by Crippen LogP contribution is 2.23. The number of ether oxygens (including phenoxy) is 1. The van der Waals surface area contributed by atoms with Crippen LogP contribution in [-0.4, -0.2) is 30.8 Å². The van der Waals surface area contributed by atoms with Gasteiger partial charge in [-0.05, 0) is 32.6 Å². The first-order valence-electron chi connectivity index (χ1n) is 5.70. The molecule has 5 nitrogen and oxygen atoms in total. The molecule has 0 radical (unpaired) electrons. The largest absolute Gasteiger partial charge is 0.378 e. The smallest absolute Gasteiger partial charge is 0.206 e. The Morgan fingerprint density at radius 3 is 2.80 bits per heavy atom. The summed E-state index contributed by atoms with van der Waals surface area (Å²) in [5, 5.41) is 3.34. The van der Waals surface area contributed by atoms with Gasteiger partial charge >= 0.3 is 0 Å². The molecule has 5 heteroatoms. The summed E-state index contributed by atoms with van der Waals surface area (Å²) < 4.78 is 5.49. The predicted octanol–water partition coefficient (Wildman–Crippen LogP) is 0.125. The lowest BCUT2D eigenvalue weighted by molar-refractivity contribution is 0.0165. The van der Waals surface area contributed by atoms with Crippen LogP contribution in [0, 0.1) is 0 Å². The standard InChI is InChI=1S/C10H20N4O/c1-7-6-9(4-5-15-7)13-10(14-11)12-8-2-3-8/h7-9H,2-6,11H2,1H3,(H2,12,13,14). The van der Waals surface area contributed by atoms with Crippen LogP contribution in [0.3, 0.4) is 0 Å². The lowest BCUT2D eigenvalue weighted by Gasteiger charge is -2.28. The highest BCUT2D eigenvalue weighted by molar-refractivity contribution is 5.79. The van der Waals surface area contributed by atoms with E-state index in [0.29, 0.717) is 18.2 Å². The van der Waals surface area contributed by atoms with Crippen LogP contribution in [0.2, 0.25) is 0 Å². The molecule has 1 saturated carbocycles. The van der Waals surface area contributed by atoms with E-state index in [2.05, 4.69) is 22.7 Å². The second-order valence-electron chi connectivity index (χ2n) is 4.40. The zero-order valence-corrected chi connectivity index (χ0v) is 9.20. The van der Waals surface area contributed by atoms with E-state index >= 15 is 0 Å². The van der Waals surface area contributed by atoms with Crippen LogP contribution in [0.25, 0.3) is 0 Å². The maximum absolute atomic E-state index is 5.49. The molecule has 2 rings (SSSR count). The minimum Gasteiger partial charge on any atom is -0.378 e. The zero-order valence-electron chi connectivity index (χ0n) is 9.20. The van der Waals surface area contributed by atoms with Crippen molar-refractivity contribution in [3.05, 3.63) is 0 Å². The van der Waals surface area contributed by atoms with E-state index in [1.165, 1.54) is 12.8 Å². The van der Waals surface area contributed by atoms with Crippen LogP contribution in [0.1, 0.15) is 32.6 Å². The van der Waals surface area contributed by atoms with Gasteiger partial charge in [0.1, 0.15) is 0 Å². The number of nitrogens with two attached hydrogens (primary N) is 1. The highest BCUT2D eigenvalue weighted by atomic mass is 16.5. The first-order chi connectivity index (χ1) is 7.28. The summed E-state index contributed by atoms with van der Waals surface area (Å²) in [6.07, 6.45) is 4.76. The number of aliphatic imine (C=N–C) groups is 1. The molecular formula is C10H20N4O. The molecule has 0 aromatic rings. The number of guanidine groups is 1. The molecule has 15 heavy (non-hydrogen) atoms. The Labute approximate surface area is 90.4 Å². The lowest BCUT2D eigenvalue weighted by atomic mass is 10.0. The SMILES string of the molecule is CC1CC(NC(=NC2CC2)NN)CCO1. The van der Waals surface area contributed by atoms with Gasteiger partial charge in [-0.3, -0.25) is 5.43 Å². The third kappa shape index (κ3) is 3.35. The fourth-order valence-corrected chi connectivity index (χ4v) is 1.82. The van der Waals surface area contributed by atoms with Crippen LogP contribution < -0.4 is 16.6 Å². The Morgan fingerprint density at radius 1 is 1.40 bits per heavy atom. The average Bonchev–Trinajstić information content (AvgIpc) is 3.01. The molecule has 0 aromatic heterocycles. The maximum Gasteiger partial charge on any atom is 0.206 e. The summed E-state index contributed by atoms with van der Waals surface area (Å²) in [7, 11) is 0.